The summed E-state index contributed by atoms with van der Waals surface area (Å²) in [7, 11) is 0. The average molecular weight is 249 g/mol. The molecule has 0 amide bonds. The lowest BCUT2D eigenvalue weighted by Crippen LogP contribution is -2.94. The molecule has 2 N–H and O–H groups in total. The van der Waals surface area contributed by atoms with Crippen LogP contribution in [0.5, 0.6) is 0 Å². The standard InChI is InChI=1S/C14H19NO3/c1-10(2)13(14(17)18)15-9-8-12(16)11-6-4-3-5-7-11/h3-7,10,13,15H,8-9H2,1-2H3,(H,17,18)/t13-/m0/s1. The maximum Gasteiger partial charge on any atom is 0.168 e. The highest BCUT2D eigenvalue weighted by Crippen LogP contribution is 2.01. The lowest BCUT2D eigenvalue weighted by atomic mass is 10.0. The molecule has 0 radical (unpaired) electrons. The van der Waals surface area contributed by atoms with Crippen molar-refractivity contribution in [2.45, 2.75) is 26.3 Å². The number of carboxylic acids is 1. The Labute approximate surface area is 107 Å². The largest absolute Gasteiger partial charge is 0.544 e. The summed E-state index contributed by atoms with van der Waals surface area (Å²) in [6.07, 6.45) is 0.334. The summed E-state index contributed by atoms with van der Waals surface area (Å²) in [6, 6.07) is 8.42. The maximum atomic E-state index is 11.8. The smallest absolute Gasteiger partial charge is 0.168 e. The van der Waals surface area contributed by atoms with Crippen LogP contribution in [0, 0.1) is 5.92 Å². The lowest BCUT2D eigenvalue weighted by Gasteiger charge is -2.19. The van der Waals surface area contributed by atoms with Gasteiger partial charge in [-0.3, -0.25) is 4.79 Å². The molecule has 1 aromatic rings. The highest BCUT2D eigenvalue weighted by Gasteiger charge is 2.18. The van der Waals surface area contributed by atoms with E-state index in [1.807, 2.05) is 32.0 Å². The highest BCUT2D eigenvalue weighted by atomic mass is 16.4. The Morgan fingerprint density at radius 1 is 1.22 bits per heavy atom. The zero-order chi connectivity index (χ0) is 13.5. The van der Waals surface area contributed by atoms with Crippen molar-refractivity contribution in [3.8, 4) is 0 Å². The number of ketones is 1. The molecule has 0 bridgehead atoms. The van der Waals surface area contributed by atoms with E-state index in [1.54, 1.807) is 17.4 Å². The van der Waals surface area contributed by atoms with Crippen LogP contribution >= 0.6 is 0 Å². The van der Waals surface area contributed by atoms with Crippen molar-refractivity contribution in [3.05, 3.63) is 35.9 Å². The predicted octanol–water partition coefficient (Wildman–Crippen LogP) is -0.403. The van der Waals surface area contributed by atoms with E-state index >= 15 is 0 Å². The van der Waals surface area contributed by atoms with Crippen LogP contribution in [-0.2, 0) is 4.79 Å². The molecule has 0 saturated heterocycles. The van der Waals surface area contributed by atoms with Gasteiger partial charge >= 0.3 is 0 Å². The lowest BCUT2D eigenvalue weighted by molar-refractivity contribution is -0.687. The van der Waals surface area contributed by atoms with E-state index in [-0.39, 0.29) is 11.7 Å². The van der Waals surface area contributed by atoms with Gasteiger partial charge in [0.05, 0.1) is 18.9 Å². The van der Waals surface area contributed by atoms with E-state index in [0.717, 1.165) is 0 Å². The monoisotopic (exact) mass is 249 g/mol. The number of Topliss-reactive ketones (excluding diaryl/α,β-unsaturated/α-hetero) is 1. The minimum atomic E-state index is -1.07. The van der Waals surface area contributed by atoms with Crippen molar-refractivity contribution >= 4 is 11.8 Å². The van der Waals surface area contributed by atoms with Crippen molar-refractivity contribution < 1.29 is 20.0 Å². The zero-order valence-corrected chi connectivity index (χ0v) is 10.8. The number of nitrogens with two attached hydrogens (primary N) is 1. The molecule has 1 aromatic carbocycles. The normalized spacial score (nSPS) is 12.4. The number of hydrogen-bond acceptors (Lipinski definition) is 3. The molecule has 0 spiro atoms. The maximum absolute atomic E-state index is 11.8. The van der Waals surface area contributed by atoms with Crippen LogP contribution in [0.3, 0.4) is 0 Å². The fraction of sp³-hybridized carbons (Fsp3) is 0.429. The Hall–Kier alpha value is -1.68. The number of carbonyl (C=O) groups is 2. The molecule has 1 atom stereocenters. The number of rotatable bonds is 7. The van der Waals surface area contributed by atoms with E-state index in [9.17, 15) is 14.7 Å². The number of quaternary nitrogens is 1. The third-order valence-electron chi connectivity index (χ3n) is 2.88. The molecule has 1 rings (SSSR count). The Morgan fingerprint density at radius 3 is 2.33 bits per heavy atom. The molecule has 4 heteroatoms. The first-order chi connectivity index (χ1) is 8.52. The van der Waals surface area contributed by atoms with Gasteiger partial charge in [0.15, 0.2) is 5.78 Å². The van der Waals surface area contributed by atoms with Crippen LogP contribution in [0.2, 0.25) is 0 Å². The van der Waals surface area contributed by atoms with Crippen LogP contribution in [0.25, 0.3) is 0 Å². The van der Waals surface area contributed by atoms with Gasteiger partial charge < -0.3 is 15.2 Å². The van der Waals surface area contributed by atoms with Gasteiger partial charge in [0, 0.05) is 11.5 Å². The first kappa shape index (κ1) is 14.4. The first-order valence-corrected chi connectivity index (χ1v) is 6.14. The Balaban J connectivity index is 2.42. The molecule has 0 fully saturated rings. The molecular weight excluding hydrogens is 230 g/mol. The van der Waals surface area contributed by atoms with Crippen molar-refractivity contribution in [1.82, 2.24) is 0 Å². The van der Waals surface area contributed by atoms with E-state index in [4.69, 9.17) is 0 Å². The van der Waals surface area contributed by atoms with E-state index in [1.165, 1.54) is 0 Å². The van der Waals surface area contributed by atoms with Crippen molar-refractivity contribution in [2.24, 2.45) is 5.92 Å². The van der Waals surface area contributed by atoms with Gasteiger partial charge in [0.25, 0.3) is 0 Å². The van der Waals surface area contributed by atoms with Gasteiger partial charge in [-0.25, -0.2) is 0 Å². The first-order valence-electron chi connectivity index (χ1n) is 6.14. The Morgan fingerprint density at radius 2 is 1.83 bits per heavy atom. The quantitative estimate of drug-likeness (QED) is 0.668. The second-order valence-corrected chi connectivity index (χ2v) is 4.65. The van der Waals surface area contributed by atoms with Gasteiger partial charge in [-0.1, -0.05) is 44.2 Å². The minimum absolute atomic E-state index is 0.0122. The SMILES string of the molecule is CC(C)[C@H]([NH2+]CCC(=O)c1ccccc1)C(=O)[O-]. The minimum Gasteiger partial charge on any atom is -0.544 e. The molecule has 0 aliphatic heterocycles. The predicted molar refractivity (Wildman–Crippen MR) is 65.8 cm³/mol. The van der Waals surface area contributed by atoms with Crippen LogP contribution in [0.15, 0.2) is 30.3 Å². The highest BCUT2D eigenvalue weighted by molar-refractivity contribution is 5.96. The Kier molecular flexibility index (Phi) is 5.52. The topological polar surface area (TPSA) is 73.8 Å². The molecule has 0 aromatic heterocycles. The molecule has 98 valence electrons. The van der Waals surface area contributed by atoms with Gasteiger partial charge in [0.2, 0.25) is 0 Å². The average Bonchev–Trinajstić information content (AvgIpc) is 2.34. The van der Waals surface area contributed by atoms with Crippen LogP contribution in [0.1, 0.15) is 30.6 Å². The van der Waals surface area contributed by atoms with E-state index < -0.39 is 12.0 Å². The Bertz CT molecular complexity index is 401. The molecule has 0 aliphatic rings. The van der Waals surface area contributed by atoms with Crippen LogP contribution in [0.4, 0.5) is 0 Å². The molecule has 0 unspecified atom stereocenters. The molecule has 4 nitrogen and oxygen atoms in total. The van der Waals surface area contributed by atoms with Gasteiger partial charge in [-0.2, -0.15) is 0 Å². The third-order valence-corrected chi connectivity index (χ3v) is 2.88. The third kappa shape index (κ3) is 4.30. The summed E-state index contributed by atoms with van der Waals surface area (Å²) in [5.41, 5.74) is 0.667. The molecule has 0 heterocycles. The number of carbonyl (C=O) groups excluding carboxylic acids is 2. The molecule has 0 aliphatic carbocycles. The number of benzene rings is 1. The van der Waals surface area contributed by atoms with Crippen molar-refractivity contribution in [2.75, 3.05) is 6.54 Å². The zero-order valence-electron chi connectivity index (χ0n) is 10.8. The second kappa shape index (κ2) is 6.91. The fourth-order valence-corrected chi connectivity index (χ4v) is 1.80. The summed E-state index contributed by atoms with van der Waals surface area (Å²) in [4.78, 5) is 22.6. The van der Waals surface area contributed by atoms with Gasteiger partial charge in [-0.05, 0) is 0 Å². The molecule has 0 saturated carbocycles. The number of hydrogen-bond donors (Lipinski definition) is 1. The van der Waals surface area contributed by atoms with Gasteiger partial charge in [-0.15, -0.1) is 0 Å². The summed E-state index contributed by atoms with van der Waals surface area (Å²) in [5.74, 6) is -1.05. The van der Waals surface area contributed by atoms with Crippen molar-refractivity contribution in [1.29, 1.82) is 0 Å². The van der Waals surface area contributed by atoms with Crippen molar-refractivity contribution in [3.63, 3.8) is 0 Å². The second-order valence-electron chi connectivity index (χ2n) is 4.65. The molecule has 18 heavy (non-hydrogen) atoms. The van der Waals surface area contributed by atoms with Crippen LogP contribution in [-0.4, -0.2) is 24.3 Å². The summed E-state index contributed by atoms with van der Waals surface area (Å²) in [6.45, 7) is 4.12. The van der Waals surface area contributed by atoms with Crippen LogP contribution < -0.4 is 10.4 Å². The van der Waals surface area contributed by atoms with E-state index in [2.05, 4.69) is 0 Å². The number of aliphatic carboxylic acids is 1. The molecular formula is C14H19NO3. The summed E-state index contributed by atoms with van der Waals surface area (Å²) >= 11 is 0. The van der Waals surface area contributed by atoms with Gasteiger partial charge in [0.1, 0.15) is 6.04 Å². The fourth-order valence-electron chi connectivity index (χ4n) is 1.80. The van der Waals surface area contributed by atoms with E-state index in [0.29, 0.717) is 18.5 Å². The summed E-state index contributed by atoms with van der Waals surface area (Å²) < 4.78 is 0. The number of carboxylic acid groups (broad SMARTS) is 1. The summed E-state index contributed by atoms with van der Waals surface area (Å²) in [5, 5.41) is 12.5.